The number of H-pyrrole nitrogens is 2. The number of rotatable bonds is 3. The van der Waals surface area contributed by atoms with Gasteiger partial charge >= 0.3 is 18.0 Å². The van der Waals surface area contributed by atoms with Crippen LogP contribution in [-0.4, -0.2) is 28.1 Å². The number of aromatic amines is 2. The molecule has 0 bridgehead atoms. The van der Waals surface area contributed by atoms with Crippen LogP contribution in [0.15, 0.2) is 21.4 Å². The zero-order valence-corrected chi connectivity index (χ0v) is 10.5. The van der Waals surface area contributed by atoms with E-state index in [2.05, 4.69) is 25.9 Å². The van der Waals surface area contributed by atoms with Crippen molar-refractivity contribution in [1.82, 2.24) is 9.97 Å². The maximum atomic E-state index is 13.0. The van der Waals surface area contributed by atoms with Crippen LogP contribution < -0.4 is 5.69 Å². The minimum Gasteiger partial charge on any atom is -0.306 e. The third kappa shape index (κ3) is 2.29. The Morgan fingerprint density at radius 3 is 2.26 bits per heavy atom. The third-order valence-corrected chi connectivity index (χ3v) is 3.08. The molecule has 19 heavy (non-hydrogen) atoms. The SMILES string of the molecule is O=C(c1cc2[nH]c(=O)[nH]c2cc1Br)C(F)(F)C(F)F. The highest BCUT2D eigenvalue weighted by molar-refractivity contribution is 9.10. The maximum Gasteiger partial charge on any atom is 0.368 e. The average Bonchev–Trinajstić information content (AvgIpc) is 2.65. The number of hydrogen-bond donors (Lipinski definition) is 2. The number of carbonyl (C=O) groups excluding carboxylic acids is 1. The summed E-state index contributed by atoms with van der Waals surface area (Å²) in [6.07, 6.45) is -4.10. The standard InChI is InChI=1S/C10H5BrF4N2O2/c11-4-2-6-5(16-9(19)17-6)1-3(4)7(18)10(14,15)8(12)13/h1-2,8H,(H2,16,17,19). The molecule has 0 unspecified atom stereocenters. The van der Waals surface area contributed by atoms with E-state index in [0.29, 0.717) is 0 Å². The lowest BCUT2D eigenvalue weighted by Gasteiger charge is -2.14. The minimum absolute atomic E-state index is 0.0709. The first-order valence-corrected chi connectivity index (χ1v) is 5.65. The molecule has 1 aromatic heterocycles. The molecule has 9 heteroatoms. The molecule has 2 N–H and O–H groups in total. The number of aromatic nitrogens is 2. The van der Waals surface area contributed by atoms with E-state index >= 15 is 0 Å². The monoisotopic (exact) mass is 340 g/mol. The van der Waals surface area contributed by atoms with Crippen molar-refractivity contribution in [1.29, 1.82) is 0 Å². The van der Waals surface area contributed by atoms with Crippen molar-refractivity contribution in [2.75, 3.05) is 0 Å². The summed E-state index contributed by atoms with van der Waals surface area (Å²) in [6.45, 7) is 0. The first-order chi connectivity index (χ1) is 8.73. The van der Waals surface area contributed by atoms with Gasteiger partial charge in [0.25, 0.3) is 0 Å². The third-order valence-electron chi connectivity index (χ3n) is 2.43. The van der Waals surface area contributed by atoms with Gasteiger partial charge in [0.05, 0.1) is 11.0 Å². The Hall–Kier alpha value is -1.64. The number of imidazole rings is 1. The van der Waals surface area contributed by atoms with Gasteiger partial charge in [0.1, 0.15) is 0 Å². The molecule has 0 amide bonds. The van der Waals surface area contributed by atoms with Crippen LogP contribution in [0.1, 0.15) is 10.4 Å². The summed E-state index contributed by atoms with van der Waals surface area (Å²) in [5, 5.41) is 0. The maximum absolute atomic E-state index is 13.0. The quantitative estimate of drug-likeness (QED) is 0.666. The zero-order valence-electron chi connectivity index (χ0n) is 8.94. The first kappa shape index (κ1) is 13.8. The number of nitrogens with one attached hydrogen (secondary N) is 2. The summed E-state index contributed by atoms with van der Waals surface area (Å²) in [6, 6.07) is 2.10. The van der Waals surface area contributed by atoms with Crippen LogP contribution in [0.2, 0.25) is 0 Å². The van der Waals surface area contributed by atoms with Crippen LogP contribution in [0.4, 0.5) is 17.6 Å². The molecule has 2 rings (SSSR count). The van der Waals surface area contributed by atoms with Crippen LogP contribution in [0.3, 0.4) is 0 Å². The van der Waals surface area contributed by atoms with Gasteiger partial charge in [0.2, 0.25) is 5.78 Å². The molecule has 1 heterocycles. The van der Waals surface area contributed by atoms with Crippen molar-refractivity contribution < 1.29 is 22.4 Å². The van der Waals surface area contributed by atoms with Crippen molar-refractivity contribution in [2.24, 2.45) is 0 Å². The van der Waals surface area contributed by atoms with Gasteiger partial charge < -0.3 is 9.97 Å². The summed E-state index contributed by atoms with van der Waals surface area (Å²) < 4.78 is 50.2. The molecule has 0 aliphatic heterocycles. The molecule has 1 aromatic carbocycles. The Kier molecular flexibility index (Phi) is 3.25. The lowest BCUT2D eigenvalue weighted by molar-refractivity contribution is -0.0958. The highest BCUT2D eigenvalue weighted by Crippen LogP contribution is 2.31. The fourth-order valence-electron chi connectivity index (χ4n) is 1.51. The van der Waals surface area contributed by atoms with E-state index in [9.17, 15) is 27.2 Å². The Balaban J connectivity index is 2.59. The molecule has 0 atom stereocenters. The van der Waals surface area contributed by atoms with Gasteiger partial charge in [0.15, 0.2) is 0 Å². The number of fused-ring (bicyclic) bond motifs is 1. The van der Waals surface area contributed by atoms with Gasteiger partial charge in [-0.2, -0.15) is 8.78 Å². The van der Waals surface area contributed by atoms with E-state index in [1.165, 1.54) is 6.07 Å². The molecule has 0 saturated heterocycles. The number of ketones is 1. The van der Waals surface area contributed by atoms with E-state index in [4.69, 9.17) is 0 Å². The lowest BCUT2D eigenvalue weighted by atomic mass is 10.1. The Bertz CT molecular complexity index is 707. The molecule has 0 saturated carbocycles. The molecule has 102 valence electrons. The largest absolute Gasteiger partial charge is 0.368 e. The second-order valence-electron chi connectivity index (χ2n) is 3.71. The number of Topliss-reactive ketones (excluding diaryl/α,β-unsaturated/α-hetero) is 1. The van der Waals surface area contributed by atoms with Crippen LogP contribution in [0.25, 0.3) is 11.0 Å². The van der Waals surface area contributed by atoms with E-state index in [1.807, 2.05) is 0 Å². The van der Waals surface area contributed by atoms with Crippen molar-refractivity contribution in [2.45, 2.75) is 12.3 Å². The number of hydrogen-bond acceptors (Lipinski definition) is 2. The second kappa shape index (κ2) is 4.48. The summed E-state index contributed by atoms with van der Waals surface area (Å²) in [4.78, 5) is 27.0. The molecule has 0 aliphatic rings. The second-order valence-corrected chi connectivity index (χ2v) is 4.56. The highest BCUT2D eigenvalue weighted by Gasteiger charge is 2.49. The number of alkyl halides is 4. The van der Waals surface area contributed by atoms with Gasteiger partial charge in [-0.3, -0.25) is 4.79 Å². The van der Waals surface area contributed by atoms with Gasteiger partial charge in [-0.05, 0) is 28.1 Å². The van der Waals surface area contributed by atoms with Crippen molar-refractivity contribution in [3.63, 3.8) is 0 Å². The number of halogens is 5. The van der Waals surface area contributed by atoms with Gasteiger partial charge in [-0.15, -0.1) is 0 Å². The fraction of sp³-hybridized carbons (Fsp3) is 0.200. The molecule has 0 radical (unpaired) electrons. The van der Waals surface area contributed by atoms with Crippen LogP contribution in [-0.2, 0) is 0 Å². The molecule has 0 spiro atoms. The number of benzene rings is 1. The average molecular weight is 341 g/mol. The van der Waals surface area contributed by atoms with Crippen LogP contribution >= 0.6 is 15.9 Å². The van der Waals surface area contributed by atoms with Gasteiger partial charge in [-0.25, -0.2) is 13.6 Å². The Labute approximate surface area is 110 Å². The molecule has 2 aromatic rings. The van der Waals surface area contributed by atoms with Crippen molar-refractivity contribution >= 4 is 32.7 Å². The number of carbonyl (C=O) groups is 1. The smallest absolute Gasteiger partial charge is 0.306 e. The van der Waals surface area contributed by atoms with E-state index in [0.717, 1.165) is 6.07 Å². The highest BCUT2D eigenvalue weighted by atomic mass is 79.9. The molecule has 0 fully saturated rings. The molecule has 0 aliphatic carbocycles. The lowest BCUT2D eigenvalue weighted by Crippen LogP contribution is -2.36. The minimum atomic E-state index is -4.78. The van der Waals surface area contributed by atoms with E-state index in [1.54, 1.807) is 0 Å². The van der Waals surface area contributed by atoms with Crippen molar-refractivity contribution in [3.8, 4) is 0 Å². The van der Waals surface area contributed by atoms with E-state index in [-0.39, 0.29) is 15.5 Å². The predicted octanol–water partition coefficient (Wildman–Crippen LogP) is 2.70. The van der Waals surface area contributed by atoms with E-state index < -0.39 is 29.4 Å². The van der Waals surface area contributed by atoms with Gasteiger partial charge in [-0.1, -0.05) is 0 Å². The molecular weight excluding hydrogens is 336 g/mol. The fourth-order valence-corrected chi connectivity index (χ4v) is 2.03. The van der Waals surface area contributed by atoms with Crippen LogP contribution in [0.5, 0.6) is 0 Å². The Morgan fingerprint density at radius 2 is 1.74 bits per heavy atom. The summed E-state index contributed by atoms with van der Waals surface area (Å²) in [5.74, 6) is -6.80. The predicted molar refractivity (Wildman–Crippen MR) is 61.9 cm³/mol. The molecular formula is C10H5BrF4N2O2. The normalized spacial score (nSPS) is 12.3. The van der Waals surface area contributed by atoms with Gasteiger partial charge in [0, 0.05) is 10.0 Å². The topological polar surface area (TPSA) is 65.7 Å². The summed E-state index contributed by atoms with van der Waals surface area (Å²) >= 11 is 2.83. The summed E-state index contributed by atoms with van der Waals surface area (Å²) in [7, 11) is 0. The van der Waals surface area contributed by atoms with Crippen molar-refractivity contribution in [3.05, 3.63) is 32.7 Å². The first-order valence-electron chi connectivity index (χ1n) is 4.86. The zero-order chi connectivity index (χ0) is 14.4. The van der Waals surface area contributed by atoms with Crippen LogP contribution in [0, 0.1) is 0 Å². The summed E-state index contributed by atoms with van der Waals surface area (Å²) in [5.41, 5.74) is -0.907. The molecule has 4 nitrogen and oxygen atoms in total. The Morgan fingerprint density at radius 1 is 1.21 bits per heavy atom.